The Morgan fingerprint density at radius 3 is 2.57 bits per heavy atom. The van der Waals surface area contributed by atoms with Crippen molar-refractivity contribution < 1.29 is 34.4 Å². The van der Waals surface area contributed by atoms with Crippen molar-refractivity contribution in [2.24, 2.45) is 0 Å². The number of benzene rings is 3. The Kier molecular flexibility index (Phi) is 10.4. The summed E-state index contributed by atoms with van der Waals surface area (Å²) in [4.78, 5) is 62.7. The number of hydrogen-bond donors (Lipinski definition) is 4. The summed E-state index contributed by atoms with van der Waals surface area (Å²) in [5.41, 5.74) is 4.70. The molecular formula is C50H50N8O9. The molecule has 2 amide bonds. The van der Waals surface area contributed by atoms with E-state index >= 15 is 0 Å². The van der Waals surface area contributed by atoms with Crippen LogP contribution in [0.25, 0.3) is 50.3 Å². The highest BCUT2D eigenvalue weighted by Gasteiger charge is 2.42. The third kappa shape index (κ3) is 6.94. The van der Waals surface area contributed by atoms with Gasteiger partial charge in [-0.15, -0.1) is 0 Å². The van der Waals surface area contributed by atoms with Crippen molar-refractivity contribution in [1.82, 2.24) is 38.7 Å². The van der Waals surface area contributed by atoms with Gasteiger partial charge in [-0.3, -0.25) is 9.59 Å². The number of nitrogens with one attached hydrogen (secondary N) is 1. The molecule has 4 aromatic heterocycles. The quantitative estimate of drug-likeness (QED) is 0.131. The lowest BCUT2D eigenvalue weighted by Crippen LogP contribution is -2.56. The molecule has 1 saturated heterocycles. The molecule has 0 aliphatic carbocycles. The number of rotatable bonds is 8. The van der Waals surface area contributed by atoms with E-state index in [2.05, 4.69) is 16.8 Å². The fourth-order valence-corrected chi connectivity index (χ4v) is 10.0. The van der Waals surface area contributed by atoms with Crippen LogP contribution in [0.3, 0.4) is 0 Å². The van der Waals surface area contributed by atoms with Crippen LogP contribution in [0, 0.1) is 0 Å². The third-order valence-electron chi connectivity index (χ3n) is 13.7. The third-order valence-corrected chi connectivity index (χ3v) is 13.7. The number of hydrogen-bond acceptors (Lipinski definition) is 11. The number of phenolic OH excluding ortho intramolecular Hbond substituents is 2. The maximum atomic E-state index is 13.8. The monoisotopic (exact) mass is 906 g/mol. The number of nitrogens with zero attached hydrogens (tertiary/aromatic N) is 7. The zero-order chi connectivity index (χ0) is 47.2. The minimum absolute atomic E-state index is 0.0349. The van der Waals surface area contributed by atoms with Gasteiger partial charge in [0.15, 0.2) is 5.82 Å². The summed E-state index contributed by atoms with van der Waals surface area (Å²) in [5, 5.41) is 40.9. The Hall–Kier alpha value is -7.66. The van der Waals surface area contributed by atoms with E-state index in [4.69, 9.17) is 14.5 Å². The minimum atomic E-state index is -1.48. The molecule has 344 valence electrons. The highest BCUT2D eigenvalue weighted by Crippen LogP contribution is 2.43. The van der Waals surface area contributed by atoms with Gasteiger partial charge in [0.05, 0.1) is 40.3 Å². The molecule has 2 atom stereocenters. The summed E-state index contributed by atoms with van der Waals surface area (Å²) in [6, 6.07) is 16.9. The number of piperazine rings is 1. The molecule has 4 N–H and O–H groups in total. The topological polar surface area (TPSA) is 210 Å². The van der Waals surface area contributed by atoms with E-state index < -0.39 is 17.4 Å². The van der Waals surface area contributed by atoms with Crippen LogP contribution >= 0.6 is 0 Å². The lowest BCUT2D eigenvalue weighted by Gasteiger charge is -2.39. The molecule has 1 fully saturated rings. The molecule has 17 nitrogen and oxygen atoms in total. The van der Waals surface area contributed by atoms with Gasteiger partial charge in [-0.25, -0.2) is 24.2 Å². The second kappa shape index (κ2) is 16.0. The van der Waals surface area contributed by atoms with E-state index in [9.17, 15) is 34.5 Å². The summed E-state index contributed by atoms with van der Waals surface area (Å²) < 4.78 is 16.5. The molecule has 17 heteroatoms. The van der Waals surface area contributed by atoms with Crippen molar-refractivity contribution >= 4 is 33.8 Å². The average molecular weight is 907 g/mol. The minimum Gasteiger partial charge on any atom is -0.508 e. The highest BCUT2D eigenvalue weighted by molar-refractivity contribution is 5.90. The number of aromatic hydroxyl groups is 2. The SMILES string of the molecule is C=C1OCc2c(cc3n(c2=O)Cc2c-3nc3ccc(OC(=O)N4CCN(C(=O)Cn5ccc6cc(-n7c(-c8cc(C(C)C)c(O)cc8O)n[nH]c7=O)ccc65)CC4C)cc3c2CC)C1(O)CC. The van der Waals surface area contributed by atoms with Crippen LogP contribution < -0.4 is 16.0 Å². The standard InChI is InChI=1S/C50H50N8O9/c1-7-32-34-18-31(10-11-39(34)51-45-36(32)23-57-41(45)20-38-37(47(57)62)25-66-28(6)50(38,65)8-2)67-49(64)56-16-15-55(22-27(56)5)44(61)24-54-14-13-29-17-30(9-12-40(29)54)58-46(52-53-48(58)63)35-19-33(26(3)4)42(59)21-43(35)60/h9-14,17-21,26-27,59-60,65H,6-8,15-16,22-25H2,1-5H3,(H,53,63). The van der Waals surface area contributed by atoms with Crippen LogP contribution in [0.15, 0.2) is 88.8 Å². The van der Waals surface area contributed by atoms with Crippen LogP contribution in [-0.2, 0) is 41.2 Å². The number of H-pyrrole nitrogens is 1. The lowest BCUT2D eigenvalue weighted by molar-refractivity contribution is -0.134. The number of amides is 2. The fraction of sp³-hybridized carbons (Fsp3) is 0.320. The van der Waals surface area contributed by atoms with Gasteiger partial charge in [-0.1, -0.05) is 34.3 Å². The predicted molar refractivity (Wildman–Crippen MR) is 249 cm³/mol. The molecular weight excluding hydrogens is 857 g/mol. The Balaban J connectivity index is 0.823. The van der Waals surface area contributed by atoms with E-state index in [0.29, 0.717) is 77.5 Å². The number of phenols is 2. The molecule has 7 aromatic rings. The van der Waals surface area contributed by atoms with Crippen molar-refractivity contribution in [2.45, 2.75) is 84.7 Å². The van der Waals surface area contributed by atoms with Crippen molar-refractivity contribution in [3.05, 3.63) is 128 Å². The first-order valence-corrected chi connectivity index (χ1v) is 22.5. The van der Waals surface area contributed by atoms with E-state index in [1.54, 1.807) is 44.7 Å². The molecule has 3 aliphatic rings. The number of aromatic nitrogens is 6. The highest BCUT2D eigenvalue weighted by atomic mass is 16.6. The second-order valence-electron chi connectivity index (χ2n) is 17.9. The fourth-order valence-electron chi connectivity index (χ4n) is 10.0. The molecule has 3 aliphatic heterocycles. The maximum Gasteiger partial charge on any atom is 0.415 e. The first-order valence-electron chi connectivity index (χ1n) is 22.5. The van der Waals surface area contributed by atoms with Crippen LogP contribution in [-0.4, -0.2) is 91.7 Å². The number of ether oxygens (including phenoxy) is 2. The zero-order valence-electron chi connectivity index (χ0n) is 37.8. The van der Waals surface area contributed by atoms with Gasteiger partial charge in [0, 0.05) is 65.4 Å². The Bertz CT molecular complexity index is 3360. The molecule has 7 heterocycles. The number of aromatic amines is 1. The first kappa shape index (κ1) is 43.2. The summed E-state index contributed by atoms with van der Waals surface area (Å²) in [6.07, 6.45) is 2.21. The maximum absolute atomic E-state index is 13.8. The van der Waals surface area contributed by atoms with Gasteiger partial charge >= 0.3 is 11.8 Å². The van der Waals surface area contributed by atoms with Crippen molar-refractivity contribution in [3.63, 3.8) is 0 Å². The molecule has 0 radical (unpaired) electrons. The smallest absolute Gasteiger partial charge is 0.415 e. The van der Waals surface area contributed by atoms with E-state index in [0.717, 1.165) is 27.4 Å². The molecule has 2 unspecified atom stereocenters. The summed E-state index contributed by atoms with van der Waals surface area (Å²) in [5.74, 6) is 0.308. The van der Waals surface area contributed by atoms with Gasteiger partial charge in [0.25, 0.3) is 5.56 Å². The summed E-state index contributed by atoms with van der Waals surface area (Å²) >= 11 is 0. The number of carbonyl (C=O) groups excluding carboxylic acids is 2. The Labute approximate surface area is 383 Å². The van der Waals surface area contributed by atoms with E-state index in [-0.39, 0.29) is 71.8 Å². The van der Waals surface area contributed by atoms with E-state index in [1.165, 1.54) is 10.6 Å². The van der Waals surface area contributed by atoms with Crippen LogP contribution in [0.5, 0.6) is 17.2 Å². The van der Waals surface area contributed by atoms with Crippen LogP contribution in [0.2, 0.25) is 0 Å². The molecule has 0 bridgehead atoms. The molecule has 3 aromatic carbocycles. The largest absolute Gasteiger partial charge is 0.508 e. The van der Waals surface area contributed by atoms with Gasteiger partial charge in [-0.2, -0.15) is 5.10 Å². The lowest BCUT2D eigenvalue weighted by atomic mass is 9.84. The number of pyridine rings is 2. The second-order valence-corrected chi connectivity index (χ2v) is 17.9. The normalized spacial score (nSPS) is 17.8. The Morgan fingerprint density at radius 2 is 1.82 bits per heavy atom. The predicted octanol–water partition coefficient (Wildman–Crippen LogP) is 6.39. The zero-order valence-corrected chi connectivity index (χ0v) is 37.8. The number of fused-ring (bicyclic) bond motifs is 6. The summed E-state index contributed by atoms with van der Waals surface area (Å²) in [7, 11) is 0. The van der Waals surface area contributed by atoms with Crippen molar-refractivity contribution in [1.29, 1.82) is 0 Å². The molecule has 0 saturated carbocycles. The van der Waals surface area contributed by atoms with Gasteiger partial charge < -0.3 is 43.7 Å². The van der Waals surface area contributed by atoms with E-state index in [1.807, 2.05) is 69.6 Å². The Morgan fingerprint density at radius 1 is 1.01 bits per heavy atom. The molecule has 67 heavy (non-hydrogen) atoms. The van der Waals surface area contributed by atoms with Crippen LogP contribution in [0.4, 0.5) is 4.79 Å². The van der Waals surface area contributed by atoms with Crippen molar-refractivity contribution in [3.8, 4) is 45.7 Å². The summed E-state index contributed by atoms with van der Waals surface area (Å²) in [6.45, 7) is 14.8. The molecule has 0 spiro atoms. The van der Waals surface area contributed by atoms with Crippen molar-refractivity contribution in [2.75, 3.05) is 19.6 Å². The van der Waals surface area contributed by atoms with Crippen LogP contribution in [0.1, 0.15) is 74.8 Å². The number of carbonyl (C=O) groups is 2. The van der Waals surface area contributed by atoms with Gasteiger partial charge in [0.1, 0.15) is 41.8 Å². The number of aryl methyl sites for hydroxylation is 1. The first-order chi connectivity index (χ1) is 32.1. The van der Waals surface area contributed by atoms with Gasteiger partial charge in [-0.05, 0) is 91.4 Å². The number of aliphatic hydroxyl groups is 1. The average Bonchev–Trinajstić information content (AvgIpc) is 4.01. The van der Waals surface area contributed by atoms with Gasteiger partial charge in [0.2, 0.25) is 5.91 Å². The molecule has 10 rings (SSSR count).